The summed E-state index contributed by atoms with van der Waals surface area (Å²) in [6.07, 6.45) is 0. The molecule has 110 valence electrons. The zero-order valence-corrected chi connectivity index (χ0v) is 13.3. The number of rotatable bonds is 6. The van der Waals surface area contributed by atoms with Gasteiger partial charge in [0.1, 0.15) is 5.76 Å². The first-order valence-electron chi connectivity index (χ1n) is 6.26. The van der Waals surface area contributed by atoms with Crippen LogP contribution in [0.2, 0.25) is 0 Å². The molecule has 5 nitrogen and oxygen atoms in total. The first-order chi connectivity index (χ1) is 10.1. The Morgan fingerprint density at radius 2 is 2.00 bits per heavy atom. The minimum Gasteiger partial charge on any atom is -0.511 e. The number of nitrogens with zero attached hydrogens (tertiary/aromatic N) is 2. The van der Waals surface area contributed by atoms with Crippen molar-refractivity contribution in [3.8, 4) is 0 Å². The Labute approximate surface area is 131 Å². The number of thioether (sulfide) groups is 1. The first kappa shape index (κ1) is 15.5. The normalized spacial score (nSPS) is 11.9. The Kier molecular flexibility index (Phi) is 5.35. The maximum atomic E-state index is 11.4. The highest BCUT2D eigenvalue weighted by molar-refractivity contribution is 8.05. The number of nitrogens with one attached hydrogen (secondary N) is 1. The van der Waals surface area contributed by atoms with Crippen molar-refractivity contribution in [2.24, 2.45) is 0 Å². The third-order valence-corrected chi connectivity index (χ3v) is 4.75. The third kappa shape index (κ3) is 4.57. The summed E-state index contributed by atoms with van der Waals surface area (Å²) in [7, 11) is 0. The molecule has 21 heavy (non-hydrogen) atoms. The number of aliphatic hydroxyl groups excluding tert-OH is 1. The standard InChI is InChI=1S/C14H15N3O2S2/c1-9(18)12(10(2)19)20-14-17-16-13(21-14)15-8-11-6-4-3-5-7-11/h3-7,18H,8H2,1-2H3,(H,15,16)/b12-9-. The zero-order chi connectivity index (χ0) is 15.2. The van der Waals surface area contributed by atoms with Crippen LogP contribution in [-0.4, -0.2) is 21.1 Å². The van der Waals surface area contributed by atoms with E-state index in [1.807, 2.05) is 30.3 Å². The van der Waals surface area contributed by atoms with Crippen LogP contribution in [0.1, 0.15) is 19.4 Å². The fraction of sp³-hybridized carbons (Fsp3) is 0.214. The molecule has 0 unspecified atom stereocenters. The van der Waals surface area contributed by atoms with Gasteiger partial charge in [-0.3, -0.25) is 4.79 Å². The summed E-state index contributed by atoms with van der Waals surface area (Å²) in [5.74, 6) is -0.185. The third-order valence-electron chi connectivity index (χ3n) is 2.53. The molecule has 0 fully saturated rings. The number of hydrogen-bond acceptors (Lipinski definition) is 7. The second kappa shape index (κ2) is 7.24. The molecule has 0 saturated heterocycles. The van der Waals surface area contributed by atoms with Crippen LogP contribution in [0.4, 0.5) is 5.13 Å². The molecule has 0 aliphatic carbocycles. The summed E-state index contributed by atoms with van der Waals surface area (Å²) in [5.41, 5.74) is 1.15. The van der Waals surface area contributed by atoms with E-state index >= 15 is 0 Å². The minimum absolute atomic E-state index is 0.00138. The van der Waals surface area contributed by atoms with E-state index in [2.05, 4.69) is 15.5 Å². The van der Waals surface area contributed by atoms with E-state index in [1.165, 1.54) is 25.2 Å². The summed E-state index contributed by atoms with van der Waals surface area (Å²) < 4.78 is 0.615. The van der Waals surface area contributed by atoms with E-state index in [0.717, 1.165) is 17.3 Å². The number of ketones is 1. The Bertz CT molecular complexity index is 649. The van der Waals surface area contributed by atoms with Gasteiger partial charge < -0.3 is 10.4 Å². The van der Waals surface area contributed by atoms with Gasteiger partial charge in [0, 0.05) is 6.54 Å². The van der Waals surface area contributed by atoms with Crippen LogP contribution in [0.3, 0.4) is 0 Å². The van der Waals surface area contributed by atoms with Crippen molar-refractivity contribution in [1.29, 1.82) is 0 Å². The molecule has 0 amide bonds. The number of anilines is 1. The molecular formula is C14H15N3O2S2. The molecule has 2 rings (SSSR count). The van der Waals surface area contributed by atoms with Crippen molar-refractivity contribution in [2.45, 2.75) is 24.7 Å². The number of aliphatic hydroxyl groups is 1. The summed E-state index contributed by atoms with van der Waals surface area (Å²) in [6.45, 7) is 3.56. The van der Waals surface area contributed by atoms with Crippen LogP contribution in [0, 0.1) is 0 Å². The number of benzene rings is 1. The van der Waals surface area contributed by atoms with Crippen LogP contribution in [0.5, 0.6) is 0 Å². The molecule has 0 bridgehead atoms. The number of carbonyl (C=O) groups excluding carboxylic acids is 1. The smallest absolute Gasteiger partial charge is 0.206 e. The van der Waals surface area contributed by atoms with E-state index in [9.17, 15) is 9.90 Å². The number of hydrogen-bond donors (Lipinski definition) is 2. The lowest BCUT2D eigenvalue weighted by Crippen LogP contribution is -1.98. The van der Waals surface area contributed by atoms with E-state index in [0.29, 0.717) is 20.9 Å². The van der Waals surface area contributed by atoms with E-state index in [-0.39, 0.29) is 11.5 Å². The molecule has 0 saturated carbocycles. The van der Waals surface area contributed by atoms with Crippen molar-refractivity contribution in [3.05, 3.63) is 46.6 Å². The molecule has 0 atom stereocenters. The van der Waals surface area contributed by atoms with Crippen LogP contribution >= 0.6 is 23.1 Å². The maximum absolute atomic E-state index is 11.4. The van der Waals surface area contributed by atoms with Crippen LogP contribution in [-0.2, 0) is 11.3 Å². The number of carbonyl (C=O) groups is 1. The summed E-state index contributed by atoms with van der Waals surface area (Å²) in [5, 5.41) is 21.4. The average molecular weight is 321 g/mol. The molecule has 0 spiro atoms. The van der Waals surface area contributed by atoms with Crippen LogP contribution in [0.15, 0.2) is 45.3 Å². The Balaban J connectivity index is 1.98. The predicted octanol–water partition coefficient (Wildman–Crippen LogP) is 3.62. The molecular weight excluding hydrogens is 306 g/mol. The monoisotopic (exact) mass is 321 g/mol. The highest BCUT2D eigenvalue weighted by atomic mass is 32.2. The lowest BCUT2D eigenvalue weighted by atomic mass is 10.2. The zero-order valence-electron chi connectivity index (χ0n) is 11.7. The highest BCUT2D eigenvalue weighted by Crippen LogP contribution is 2.33. The number of allylic oxidation sites excluding steroid dienone is 2. The average Bonchev–Trinajstić information content (AvgIpc) is 2.91. The summed E-state index contributed by atoms with van der Waals surface area (Å²) >= 11 is 2.48. The lowest BCUT2D eigenvalue weighted by molar-refractivity contribution is -0.113. The molecule has 0 aliphatic heterocycles. The molecule has 1 heterocycles. The molecule has 7 heteroatoms. The van der Waals surface area contributed by atoms with Crippen molar-refractivity contribution in [1.82, 2.24) is 10.2 Å². The largest absolute Gasteiger partial charge is 0.511 e. The van der Waals surface area contributed by atoms with Gasteiger partial charge in [0.05, 0.1) is 4.91 Å². The van der Waals surface area contributed by atoms with Gasteiger partial charge in [-0.1, -0.05) is 41.7 Å². The molecule has 2 N–H and O–H groups in total. The van der Waals surface area contributed by atoms with Crippen LogP contribution < -0.4 is 5.32 Å². The second-order valence-electron chi connectivity index (χ2n) is 4.29. The van der Waals surface area contributed by atoms with Gasteiger partial charge in [-0.25, -0.2) is 0 Å². The minimum atomic E-state index is -0.186. The quantitative estimate of drug-likeness (QED) is 0.481. The fourth-order valence-corrected chi connectivity index (χ4v) is 3.26. The van der Waals surface area contributed by atoms with Gasteiger partial charge in [0.2, 0.25) is 5.13 Å². The molecule has 1 aromatic heterocycles. The van der Waals surface area contributed by atoms with Crippen molar-refractivity contribution in [2.75, 3.05) is 5.32 Å². The highest BCUT2D eigenvalue weighted by Gasteiger charge is 2.14. The van der Waals surface area contributed by atoms with E-state index in [4.69, 9.17) is 0 Å². The fourth-order valence-electron chi connectivity index (χ4n) is 1.58. The van der Waals surface area contributed by atoms with Gasteiger partial charge in [-0.2, -0.15) is 0 Å². The van der Waals surface area contributed by atoms with Gasteiger partial charge in [0.15, 0.2) is 10.1 Å². The van der Waals surface area contributed by atoms with E-state index < -0.39 is 0 Å². The maximum Gasteiger partial charge on any atom is 0.206 e. The molecule has 0 radical (unpaired) electrons. The van der Waals surface area contributed by atoms with Gasteiger partial charge in [0.25, 0.3) is 0 Å². The van der Waals surface area contributed by atoms with Crippen molar-refractivity contribution < 1.29 is 9.90 Å². The van der Waals surface area contributed by atoms with Crippen molar-refractivity contribution in [3.63, 3.8) is 0 Å². The molecule has 2 aromatic rings. The molecule has 0 aliphatic rings. The van der Waals surface area contributed by atoms with Crippen molar-refractivity contribution >= 4 is 34.0 Å². The summed E-state index contributed by atoms with van der Waals surface area (Å²) in [6, 6.07) is 9.97. The van der Waals surface area contributed by atoms with Gasteiger partial charge in [-0.05, 0) is 31.2 Å². The SMILES string of the molecule is CC(=O)/C(Sc1nnc(NCc2ccccc2)s1)=C(\C)O. The Morgan fingerprint density at radius 3 is 2.62 bits per heavy atom. The lowest BCUT2D eigenvalue weighted by Gasteiger charge is -2.01. The second-order valence-corrected chi connectivity index (χ2v) is 6.52. The first-order valence-corrected chi connectivity index (χ1v) is 7.89. The number of aromatic nitrogens is 2. The van der Waals surface area contributed by atoms with Gasteiger partial charge in [-0.15, -0.1) is 10.2 Å². The van der Waals surface area contributed by atoms with Crippen LogP contribution in [0.25, 0.3) is 0 Å². The molecule has 1 aromatic carbocycles. The van der Waals surface area contributed by atoms with E-state index in [1.54, 1.807) is 0 Å². The Morgan fingerprint density at radius 1 is 1.29 bits per heavy atom. The number of Topliss-reactive ketones (excluding diaryl/α,β-unsaturated/α-hetero) is 1. The summed E-state index contributed by atoms with van der Waals surface area (Å²) in [4.78, 5) is 11.7. The predicted molar refractivity (Wildman–Crippen MR) is 85.5 cm³/mol. The Hall–Kier alpha value is -1.86. The van der Waals surface area contributed by atoms with Gasteiger partial charge >= 0.3 is 0 Å². The topological polar surface area (TPSA) is 75.1 Å².